The van der Waals surface area contributed by atoms with Crippen molar-refractivity contribution in [2.75, 3.05) is 13.2 Å². The number of carbonyl (C=O) groups is 4. The molecule has 0 spiro atoms. The van der Waals surface area contributed by atoms with E-state index in [9.17, 15) is 29.4 Å². The Balaban J connectivity index is 1.07. The van der Waals surface area contributed by atoms with Gasteiger partial charge in [0.2, 0.25) is 17.6 Å². The van der Waals surface area contributed by atoms with E-state index < -0.39 is 83.7 Å². The molecular weight excluding hydrogens is 819 g/mol. The summed E-state index contributed by atoms with van der Waals surface area (Å²) in [4.78, 5) is 61.7. The van der Waals surface area contributed by atoms with E-state index in [0.29, 0.717) is 17.5 Å². The number of hydrogen-bond acceptors (Lipinski definition) is 12. The number of carbonyl (C=O) groups excluding carboxylic acids is 4. The summed E-state index contributed by atoms with van der Waals surface area (Å²) in [6.07, 6.45) is 0.864. The molecule has 3 saturated heterocycles. The molecule has 14 nitrogen and oxygen atoms in total. The van der Waals surface area contributed by atoms with Crippen molar-refractivity contribution in [3.8, 4) is 5.75 Å². The highest BCUT2D eigenvalue weighted by atomic mass is 16.8. The first-order valence-electron chi connectivity index (χ1n) is 21.8. The zero-order valence-electron chi connectivity index (χ0n) is 36.2. The second-order valence-corrected chi connectivity index (χ2v) is 17.7. The third-order valence-corrected chi connectivity index (χ3v) is 12.2. The lowest BCUT2D eigenvalue weighted by atomic mass is 9.62. The molecule has 4 aromatic carbocycles. The molecule has 0 unspecified atom stereocenters. The van der Waals surface area contributed by atoms with Gasteiger partial charge in [0, 0.05) is 36.9 Å². The van der Waals surface area contributed by atoms with Crippen molar-refractivity contribution in [2.45, 2.75) is 107 Å². The predicted molar refractivity (Wildman–Crippen MR) is 234 cm³/mol. The molecular formula is C50H55N3O11. The number of allylic oxidation sites excluding steroid dienone is 1. The van der Waals surface area contributed by atoms with E-state index in [1.165, 1.54) is 5.06 Å². The Labute approximate surface area is 372 Å². The zero-order valence-corrected chi connectivity index (χ0v) is 36.2. The topological polar surface area (TPSA) is 182 Å². The predicted octanol–water partition coefficient (Wildman–Crippen LogP) is 5.24. The SMILES string of the molecule is CC(C)(C)OC(=O)CC[C@@H](CO)NC(=O)CCNC(=O)[C@@]12C[C@H]3OC(=O)[C@@H]1N(Cc1ccccc1C=CCc1ccccc1O)O[C@@H]2[C@H]1OC(c2ccccc2)(c2ccccc2)O[C@H]13. The first-order valence-corrected chi connectivity index (χ1v) is 21.8. The number of phenols is 1. The molecule has 4 fully saturated rings. The Morgan fingerprint density at radius 3 is 2.19 bits per heavy atom. The molecule has 2 amide bonds. The number of esters is 2. The van der Waals surface area contributed by atoms with Crippen LogP contribution in [0, 0.1) is 5.41 Å². The zero-order chi connectivity index (χ0) is 45.1. The maximum absolute atomic E-state index is 15.0. The molecule has 4 N–H and O–H groups in total. The van der Waals surface area contributed by atoms with Gasteiger partial charge in [-0.25, -0.2) is 0 Å². The normalized spacial score (nSPS) is 25.0. The summed E-state index contributed by atoms with van der Waals surface area (Å²) < 4.78 is 25.6. The lowest BCUT2D eigenvalue weighted by Crippen LogP contribution is -2.69. The maximum atomic E-state index is 15.0. The number of hydrogen-bond donors (Lipinski definition) is 4. The van der Waals surface area contributed by atoms with Gasteiger partial charge in [-0.15, -0.1) is 0 Å². The van der Waals surface area contributed by atoms with Crippen LogP contribution in [0.15, 0.2) is 115 Å². The molecule has 4 aromatic rings. The fraction of sp³-hybridized carbons (Fsp3) is 0.400. The van der Waals surface area contributed by atoms with Gasteiger partial charge in [-0.05, 0) is 56.4 Å². The number of amides is 2. The number of nitrogens with one attached hydrogen (secondary N) is 2. The van der Waals surface area contributed by atoms with Crippen LogP contribution in [0.4, 0.5) is 0 Å². The number of aliphatic hydroxyl groups is 1. The number of ether oxygens (including phenoxy) is 4. The quantitative estimate of drug-likeness (QED) is 0.108. The third-order valence-electron chi connectivity index (χ3n) is 12.2. The smallest absolute Gasteiger partial charge is 0.327 e. The summed E-state index contributed by atoms with van der Waals surface area (Å²) in [7, 11) is 0. The van der Waals surface area contributed by atoms with Gasteiger partial charge in [0.15, 0.2) is 6.04 Å². The molecule has 0 aromatic heterocycles. The number of phenolic OH excluding ortho intramolecular Hbond substituents is 1. The van der Waals surface area contributed by atoms with Crippen molar-refractivity contribution < 1.29 is 53.2 Å². The molecule has 7 atom stereocenters. The number of para-hydroxylation sites is 1. The van der Waals surface area contributed by atoms with Crippen LogP contribution in [0.3, 0.4) is 0 Å². The van der Waals surface area contributed by atoms with E-state index >= 15 is 0 Å². The summed E-state index contributed by atoms with van der Waals surface area (Å²) in [5.41, 5.74) is 1.67. The minimum Gasteiger partial charge on any atom is -0.508 e. The van der Waals surface area contributed by atoms with E-state index in [1.54, 1.807) is 32.9 Å². The highest BCUT2D eigenvalue weighted by Crippen LogP contribution is 2.59. The Morgan fingerprint density at radius 1 is 0.875 bits per heavy atom. The minimum absolute atomic E-state index is 0.00135. The van der Waals surface area contributed by atoms with Gasteiger partial charge in [-0.3, -0.25) is 24.0 Å². The van der Waals surface area contributed by atoms with Crippen molar-refractivity contribution in [1.29, 1.82) is 0 Å². The molecule has 8 rings (SSSR count). The first kappa shape index (κ1) is 44.7. The number of benzene rings is 4. The molecule has 14 heteroatoms. The molecule has 0 radical (unpaired) electrons. The lowest BCUT2D eigenvalue weighted by Gasteiger charge is -2.48. The second-order valence-electron chi connectivity index (χ2n) is 17.7. The monoisotopic (exact) mass is 873 g/mol. The first-order chi connectivity index (χ1) is 30.8. The largest absolute Gasteiger partial charge is 0.508 e. The molecule has 64 heavy (non-hydrogen) atoms. The number of hydroxylamine groups is 2. The van der Waals surface area contributed by atoms with Crippen LogP contribution in [-0.4, -0.2) is 94.3 Å². The highest BCUT2D eigenvalue weighted by Gasteiger charge is 2.76. The molecule has 1 saturated carbocycles. The summed E-state index contributed by atoms with van der Waals surface area (Å²) >= 11 is 0. The van der Waals surface area contributed by atoms with Gasteiger partial charge < -0.3 is 39.8 Å². The van der Waals surface area contributed by atoms with E-state index in [-0.39, 0.29) is 44.5 Å². The highest BCUT2D eigenvalue weighted by molar-refractivity contribution is 5.94. The number of fused-ring (bicyclic) bond motifs is 4. The van der Waals surface area contributed by atoms with Crippen LogP contribution in [0.2, 0.25) is 0 Å². The molecule has 1 aliphatic carbocycles. The standard InChI is InChI=1S/C50H55N3O11/c1-48(2,3)61-41(57)26-25-37(31-54)52-40(56)27-28-51-47(59)49-29-39-42-43(63-50(62-42,35-20-6-4-7-21-35)36-22-8-5-9-23-36)45(49)64-53(44(49)46(58)60-39)30-34-17-11-10-15-32(34)18-14-19-33-16-12-13-24-38(33)55/h4-18,20-24,37,39,42-45,54-55H,19,25-31H2,1-3H3,(H,51,59)(H,52,56)/t37-,39+,42-,43-,44-,45+,49-/m0/s1. The summed E-state index contributed by atoms with van der Waals surface area (Å²) in [5.74, 6) is -3.26. The van der Waals surface area contributed by atoms with E-state index in [0.717, 1.165) is 16.7 Å². The molecule has 3 heterocycles. The fourth-order valence-corrected chi connectivity index (χ4v) is 9.34. The van der Waals surface area contributed by atoms with Gasteiger partial charge in [0.1, 0.15) is 41.2 Å². The van der Waals surface area contributed by atoms with Crippen LogP contribution in [0.5, 0.6) is 5.75 Å². The Bertz CT molecular complexity index is 2310. The average molecular weight is 874 g/mol. The van der Waals surface area contributed by atoms with Gasteiger partial charge in [-0.1, -0.05) is 115 Å². The van der Waals surface area contributed by atoms with Gasteiger partial charge >= 0.3 is 11.9 Å². The van der Waals surface area contributed by atoms with Crippen molar-refractivity contribution in [3.05, 3.63) is 143 Å². The van der Waals surface area contributed by atoms with Gasteiger partial charge in [-0.2, -0.15) is 5.06 Å². The fourth-order valence-electron chi connectivity index (χ4n) is 9.34. The van der Waals surface area contributed by atoms with Crippen molar-refractivity contribution >= 4 is 29.8 Å². The van der Waals surface area contributed by atoms with Crippen LogP contribution in [0.25, 0.3) is 6.08 Å². The third kappa shape index (κ3) is 9.06. The Hall–Kier alpha value is -5.90. The molecule has 336 valence electrons. The number of nitrogens with zero attached hydrogens (tertiary/aromatic N) is 1. The average Bonchev–Trinajstić information content (AvgIpc) is 3.86. The van der Waals surface area contributed by atoms with Crippen LogP contribution in [-0.2, 0) is 61.7 Å². The van der Waals surface area contributed by atoms with E-state index in [1.807, 2.05) is 109 Å². The minimum atomic E-state index is -1.53. The molecule has 2 bridgehead atoms. The van der Waals surface area contributed by atoms with Gasteiger partial charge in [0.05, 0.1) is 19.2 Å². The lowest BCUT2D eigenvalue weighted by molar-refractivity contribution is -0.213. The maximum Gasteiger partial charge on any atom is 0.327 e. The van der Waals surface area contributed by atoms with Crippen molar-refractivity contribution in [1.82, 2.24) is 15.7 Å². The number of aromatic hydroxyl groups is 1. The number of aliphatic hydroxyl groups excluding tert-OH is 1. The number of rotatable bonds is 16. The van der Waals surface area contributed by atoms with Crippen LogP contribution in [0.1, 0.15) is 74.3 Å². The Morgan fingerprint density at radius 2 is 1.52 bits per heavy atom. The second kappa shape index (κ2) is 18.7. The van der Waals surface area contributed by atoms with E-state index in [4.69, 9.17) is 23.8 Å². The molecule has 4 aliphatic rings. The summed E-state index contributed by atoms with van der Waals surface area (Å²) in [6, 6.07) is 31.9. The van der Waals surface area contributed by atoms with Crippen LogP contribution >= 0.6 is 0 Å². The van der Waals surface area contributed by atoms with E-state index in [2.05, 4.69) is 10.6 Å². The Kier molecular flexibility index (Phi) is 13.0. The molecule has 3 aliphatic heterocycles. The van der Waals surface area contributed by atoms with Crippen LogP contribution < -0.4 is 10.6 Å². The summed E-state index contributed by atoms with van der Waals surface area (Å²) in [6.45, 7) is 4.90. The summed E-state index contributed by atoms with van der Waals surface area (Å²) in [5, 5.41) is 27.5. The van der Waals surface area contributed by atoms with Gasteiger partial charge in [0.25, 0.3) is 0 Å². The van der Waals surface area contributed by atoms with Crippen molar-refractivity contribution in [2.24, 2.45) is 5.41 Å². The van der Waals surface area contributed by atoms with Crippen molar-refractivity contribution in [3.63, 3.8) is 0 Å².